The van der Waals surface area contributed by atoms with E-state index < -0.39 is 12.1 Å². The molecule has 2 aliphatic heterocycles. The molecule has 0 aromatic rings. The number of hydrogen-bond donors (Lipinski definition) is 2. The quantitative estimate of drug-likeness (QED) is 0.288. The van der Waals surface area contributed by atoms with Gasteiger partial charge in [0.25, 0.3) is 0 Å². The Morgan fingerprint density at radius 2 is 1.81 bits per heavy atom. The number of carbonyl (C=O) groups is 2. The molecule has 1 saturated carbocycles. The minimum absolute atomic E-state index is 0.0671. The summed E-state index contributed by atoms with van der Waals surface area (Å²) in [5.41, 5.74) is 0.371. The van der Waals surface area contributed by atoms with Gasteiger partial charge in [0.1, 0.15) is 12.6 Å². The first-order valence-corrected chi connectivity index (χ1v) is 14.0. The third-order valence-corrected chi connectivity index (χ3v) is 8.46. The fourth-order valence-corrected chi connectivity index (χ4v) is 5.41. The Hall–Kier alpha value is -2.38. The highest BCUT2D eigenvalue weighted by Gasteiger charge is 2.33. The monoisotopic (exact) mass is 518 g/mol. The number of nitrogens with one attached hydrogen (secondary N) is 2. The van der Waals surface area contributed by atoms with Crippen LogP contribution in [-0.4, -0.2) is 93.4 Å². The number of piperidine rings is 1. The molecule has 37 heavy (non-hydrogen) atoms. The lowest BCUT2D eigenvalue weighted by atomic mass is 9.69. The second-order valence-corrected chi connectivity index (χ2v) is 11.3. The molecule has 3 rings (SSSR count). The Morgan fingerprint density at radius 3 is 2.43 bits per heavy atom. The van der Waals surface area contributed by atoms with E-state index >= 15 is 0 Å². The van der Waals surface area contributed by atoms with Crippen molar-refractivity contribution >= 4 is 18.0 Å². The van der Waals surface area contributed by atoms with Gasteiger partial charge in [0.2, 0.25) is 11.9 Å². The van der Waals surface area contributed by atoms with Crippen LogP contribution in [0.5, 0.6) is 0 Å². The summed E-state index contributed by atoms with van der Waals surface area (Å²) in [5, 5.41) is 14.5. The van der Waals surface area contributed by atoms with E-state index in [2.05, 4.69) is 36.4 Å². The van der Waals surface area contributed by atoms with Gasteiger partial charge >= 0.3 is 6.09 Å². The predicted octanol–water partition coefficient (Wildman–Crippen LogP) is 2.75. The van der Waals surface area contributed by atoms with Crippen LogP contribution in [0.4, 0.5) is 4.79 Å². The van der Waals surface area contributed by atoms with Gasteiger partial charge in [-0.2, -0.15) is 5.26 Å². The second kappa shape index (κ2) is 14.5. The van der Waals surface area contributed by atoms with Gasteiger partial charge in [-0.15, -0.1) is 0 Å². The largest absolute Gasteiger partial charge is 0.449 e. The fourth-order valence-electron chi connectivity index (χ4n) is 5.41. The maximum Gasteiger partial charge on any atom is 0.413 e. The van der Waals surface area contributed by atoms with E-state index in [0.29, 0.717) is 62.5 Å². The van der Waals surface area contributed by atoms with E-state index in [9.17, 15) is 9.59 Å². The van der Waals surface area contributed by atoms with Crippen LogP contribution in [-0.2, 0) is 14.3 Å². The lowest BCUT2D eigenvalue weighted by molar-refractivity contribution is -0.122. The summed E-state index contributed by atoms with van der Waals surface area (Å²) in [6.45, 7) is 9.09. The van der Waals surface area contributed by atoms with E-state index in [-0.39, 0.29) is 12.5 Å². The molecule has 0 radical (unpaired) electrons. The zero-order valence-corrected chi connectivity index (χ0v) is 23.0. The molecular formula is C27H46N6O4. The number of aliphatic imine (C=N–C) groups is 1. The average Bonchev–Trinajstić information content (AvgIpc) is 2.92. The summed E-state index contributed by atoms with van der Waals surface area (Å²) < 4.78 is 11.1. The number of guanidine groups is 1. The van der Waals surface area contributed by atoms with Gasteiger partial charge in [0.05, 0.1) is 25.9 Å². The minimum atomic E-state index is -0.684. The average molecular weight is 519 g/mol. The van der Waals surface area contributed by atoms with Crippen LogP contribution < -0.4 is 10.6 Å². The van der Waals surface area contributed by atoms with Crippen LogP contribution in [0.1, 0.15) is 65.2 Å². The van der Waals surface area contributed by atoms with Crippen LogP contribution in [0.3, 0.4) is 0 Å². The number of carbonyl (C=O) groups excluding carboxylic acids is 2. The van der Waals surface area contributed by atoms with Crippen LogP contribution in [0.25, 0.3) is 0 Å². The summed E-state index contributed by atoms with van der Waals surface area (Å²) in [4.78, 5) is 34.9. The van der Waals surface area contributed by atoms with Gasteiger partial charge in [-0.3, -0.25) is 10.1 Å². The second-order valence-electron chi connectivity index (χ2n) is 11.3. The molecule has 2 amide bonds. The van der Waals surface area contributed by atoms with Crippen molar-refractivity contribution in [3.63, 3.8) is 0 Å². The third kappa shape index (κ3) is 9.46. The van der Waals surface area contributed by atoms with E-state index in [1.807, 2.05) is 11.0 Å². The van der Waals surface area contributed by atoms with Crippen molar-refractivity contribution in [3.8, 4) is 6.07 Å². The summed E-state index contributed by atoms with van der Waals surface area (Å²) in [6, 6.07) is 1.29. The van der Waals surface area contributed by atoms with Crippen molar-refractivity contribution in [2.45, 2.75) is 71.3 Å². The van der Waals surface area contributed by atoms with Crippen molar-refractivity contribution in [3.05, 3.63) is 0 Å². The third-order valence-electron chi connectivity index (χ3n) is 8.46. The normalized spacial score (nSPS) is 26.7. The van der Waals surface area contributed by atoms with Gasteiger partial charge in [0, 0.05) is 13.1 Å². The first-order valence-electron chi connectivity index (χ1n) is 14.0. The highest BCUT2D eigenvalue weighted by atomic mass is 16.5. The highest BCUT2D eigenvalue weighted by molar-refractivity contribution is 5.95. The summed E-state index contributed by atoms with van der Waals surface area (Å²) in [7, 11) is 2.10. The van der Waals surface area contributed by atoms with Crippen LogP contribution >= 0.6 is 0 Å². The number of likely N-dealkylation sites (tertiary alicyclic amines) is 1. The number of nitrogens with zero attached hydrogens (tertiary/aromatic N) is 4. The first-order chi connectivity index (χ1) is 17.8. The molecule has 1 aliphatic carbocycles. The lowest BCUT2D eigenvalue weighted by Crippen LogP contribution is -2.50. The van der Waals surface area contributed by atoms with Gasteiger partial charge in [0.15, 0.2) is 0 Å². The zero-order valence-electron chi connectivity index (χ0n) is 23.0. The highest BCUT2D eigenvalue weighted by Crippen LogP contribution is 2.42. The first kappa shape index (κ1) is 29.2. The van der Waals surface area contributed by atoms with Crippen molar-refractivity contribution in [2.75, 3.05) is 59.6 Å². The topological polar surface area (TPSA) is 119 Å². The van der Waals surface area contributed by atoms with Crippen molar-refractivity contribution in [1.29, 1.82) is 5.26 Å². The molecule has 0 aromatic carbocycles. The number of ether oxygens (including phenoxy) is 2. The molecule has 2 heterocycles. The molecule has 2 saturated heterocycles. The van der Waals surface area contributed by atoms with Gasteiger partial charge in [-0.05, 0) is 82.3 Å². The Kier molecular flexibility index (Phi) is 11.5. The number of rotatable bonds is 8. The summed E-state index contributed by atoms with van der Waals surface area (Å²) >= 11 is 0. The van der Waals surface area contributed by atoms with E-state index in [4.69, 9.17) is 19.7 Å². The fraction of sp³-hybridized carbons (Fsp3) is 0.852. The van der Waals surface area contributed by atoms with E-state index in [1.54, 1.807) is 0 Å². The molecule has 0 aromatic heterocycles. The molecule has 1 atom stereocenters. The smallest absolute Gasteiger partial charge is 0.413 e. The lowest BCUT2D eigenvalue weighted by Gasteiger charge is -2.37. The molecular weight excluding hydrogens is 472 g/mol. The molecule has 3 fully saturated rings. The van der Waals surface area contributed by atoms with Gasteiger partial charge in [-0.25, -0.2) is 9.79 Å². The van der Waals surface area contributed by atoms with Gasteiger partial charge < -0.3 is 24.6 Å². The van der Waals surface area contributed by atoms with E-state index in [1.165, 1.54) is 0 Å². The molecule has 208 valence electrons. The molecule has 0 spiro atoms. The van der Waals surface area contributed by atoms with Crippen LogP contribution in [0.2, 0.25) is 0 Å². The van der Waals surface area contributed by atoms with Gasteiger partial charge in [-0.1, -0.05) is 20.3 Å². The number of hydrogen-bond acceptors (Lipinski definition) is 7. The number of amides is 2. The Balaban J connectivity index is 1.69. The van der Waals surface area contributed by atoms with Crippen molar-refractivity contribution < 1.29 is 19.1 Å². The maximum atomic E-state index is 13.1. The Labute approximate surface area is 222 Å². The maximum absolute atomic E-state index is 13.1. The SMILES string of the molecule is CCC1(C)CCC(CC(N=C(NC(=O)OCC2CCN(C)CC2)N2CCOCC2)C(=O)NCC#N)CC1. The Bertz CT molecular complexity index is 806. The molecule has 10 heteroatoms. The van der Waals surface area contributed by atoms with Crippen LogP contribution in [0.15, 0.2) is 4.99 Å². The standard InChI is InChI=1S/C27H46N6O4/c1-4-27(2)9-5-21(6-10-27)19-23(24(34)29-12-11-28)30-25(33-15-17-36-18-16-33)31-26(35)37-20-22-7-13-32(3)14-8-22/h21-23H,4-10,12-20H2,1-3H3,(H,29,34)(H,30,31,35). The minimum Gasteiger partial charge on any atom is -0.449 e. The predicted molar refractivity (Wildman–Crippen MR) is 142 cm³/mol. The Morgan fingerprint density at radius 1 is 1.14 bits per heavy atom. The summed E-state index contributed by atoms with van der Waals surface area (Å²) in [6.07, 6.45) is 7.62. The number of nitriles is 1. The van der Waals surface area contributed by atoms with E-state index in [0.717, 1.165) is 58.0 Å². The summed E-state index contributed by atoms with van der Waals surface area (Å²) in [5.74, 6) is 0.805. The van der Waals surface area contributed by atoms with Crippen molar-refractivity contribution in [2.24, 2.45) is 22.2 Å². The van der Waals surface area contributed by atoms with Crippen LogP contribution in [0, 0.1) is 28.6 Å². The molecule has 1 unspecified atom stereocenters. The molecule has 2 N–H and O–H groups in total. The molecule has 0 bridgehead atoms. The zero-order chi connectivity index (χ0) is 26.7. The molecule has 10 nitrogen and oxygen atoms in total. The van der Waals surface area contributed by atoms with Crippen molar-refractivity contribution in [1.82, 2.24) is 20.4 Å². The number of alkyl carbamates (subject to hydrolysis) is 1. The number of morpholine rings is 1. The molecule has 3 aliphatic rings.